The molecule has 0 spiro atoms. The molecule has 2 aliphatic carbocycles. The average molecular weight is 236 g/mol. The van der Waals surface area contributed by atoms with Crippen LogP contribution in [0.5, 0.6) is 0 Å². The highest BCUT2D eigenvalue weighted by atomic mass is 14.4. The quantitative estimate of drug-likeness (QED) is 0.580. The highest BCUT2D eigenvalue weighted by molar-refractivity contribution is 4.89. The fourth-order valence-corrected chi connectivity index (χ4v) is 4.49. The van der Waals surface area contributed by atoms with Crippen molar-refractivity contribution < 1.29 is 0 Å². The minimum atomic E-state index is 0.624. The Kier molecular flexibility index (Phi) is 4.55. The van der Waals surface area contributed by atoms with Gasteiger partial charge in [0.2, 0.25) is 0 Å². The van der Waals surface area contributed by atoms with Crippen molar-refractivity contribution in [1.29, 1.82) is 0 Å². The molecule has 0 radical (unpaired) electrons. The maximum absolute atomic E-state index is 2.58. The molecule has 0 aromatic rings. The maximum atomic E-state index is 2.58. The van der Waals surface area contributed by atoms with E-state index in [-0.39, 0.29) is 0 Å². The molecule has 0 atom stereocenters. The van der Waals surface area contributed by atoms with Crippen molar-refractivity contribution in [3.05, 3.63) is 0 Å². The smallest absolute Gasteiger partial charge is 0.0298 e. The Morgan fingerprint density at radius 3 is 1.82 bits per heavy atom. The molecule has 0 amide bonds. The molecule has 100 valence electrons. The first kappa shape index (κ1) is 13.4. The summed E-state index contributed by atoms with van der Waals surface area (Å²) in [5.41, 5.74) is 0.624. The second-order valence-electron chi connectivity index (χ2n) is 7.28. The Bertz CT molecular complexity index is 214. The zero-order valence-corrected chi connectivity index (χ0v) is 12.3. The van der Waals surface area contributed by atoms with Crippen LogP contribution in [0.1, 0.15) is 85.0 Å². The van der Waals surface area contributed by atoms with Crippen LogP contribution in [0.25, 0.3) is 0 Å². The van der Waals surface area contributed by atoms with E-state index in [1.807, 2.05) is 0 Å². The summed E-state index contributed by atoms with van der Waals surface area (Å²) in [6.45, 7) is 7.54. The molecule has 0 N–H and O–H groups in total. The molecule has 0 bridgehead atoms. The molecule has 2 aliphatic rings. The summed E-state index contributed by atoms with van der Waals surface area (Å²) in [6.07, 6.45) is 15.0. The van der Waals surface area contributed by atoms with Crippen molar-refractivity contribution in [1.82, 2.24) is 0 Å². The van der Waals surface area contributed by atoms with Gasteiger partial charge in [-0.15, -0.1) is 0 Å². The van der Waals surface area contributed by atoms with E-state index in [2.05, 4.69) is 20.8 Å². The molecular weight excluding hydrogens is 204 g/mol. The standard InChI is InChI=1S/C17H32/c1-4-14-10-12-16(13-11-14)17(2,3)15-8-6-5-7-9-15/h14-16H,4-13H2,1-3H3. The van der Waals surface area contributed by atoms with Gasteiger partial charge in [0.25, 0.3) is 0 Å². The Labute approximate surface area is 109 Å². The van der Waals surface area contributed by atoms with Crippen LogP contribution in [0.4, 0.5) is 0 Å². The Balaban J connectivity index is 1.91. The van der Waals surface area contributed by atoms with Crippen LogP contribution in [0, 0.1) is 23.2 Å². The van der Waals surface area contributed by atoms with E-state index in [9.17, 15) is 0 Å². The van der Waals surface area contributed by atoms with Crippen LogP contribution < -0.4 is 0 Å². The van der Waals surface area contributed by atoms with Gasteiger partial charge in [0.15, 0.2) is 0 Å². The third-order valence-electron chi connectivity index (χ3n) is 6.13. The second kappa shape index (κ2) is 5.76. The van der Waals surface area contributed by atoms with Crippen molar-refractivity contribution in [3.63, 3.8) is 0 Å². The molecule has 2 rings (SSSR count). The van der Waals surface area contributed by atoms with E-state index >= 15 is 0 Å². The van der Waals surface area contributed by atoms with E-state index in [0.29, 0.717) is 5.41 Å². The van der Waals surface area contributed by atoms with Crippen molar-refractivity contribution in [2.45, 2.75) is 85.0 Å². The van der Waals surface area contributed by atoms with E-state index in [4.69, 9.17) is 0 Å². The van der Waals surface area contributed by atoms with Gasteiger partial charge in [-0.05, 0) is 48.9 Å². The predicted molar refractivity (Wildman–Crippen MR) is 76.1 cm³/mol. The van der Waals surface area contributed by atoms with Gasteiger partial charge in [-0.3, -0.25) is 0 Å². The van der Waals surface area contributed by atoms with Crippen molar-refractivity contribution in [3.8, 4) is 0 Å². The Hall–Kier alpha value is 0. The Morgan fingerprint density at radius 1 is 0.765 bits per heavy atom. The first-order valence-electron chi connectivity index (χ1n) is 8.14. The fraction of sp³-hybridized carbons (Fsp3) is 1.00. The molecule has 0 unspecified atom stereocenters. The van der Waals surface area contributed by atoms with Crippen LogP contribution in [0.3, 0.4) is 0 Å². The summed E-state index contributed by atoms with van der Waals surface area (Å²) < 4.78 is 0. The van der Waals surface area contributed by atoms with Crippen LogP contribution in [0.2, 0.25) is 0 Å². The third kappa shape index (κ3) is 3.06. The summed E-state index contributed by atoms with van der Waals surface area (Å²) >= 11 is 0. The lowest BCUT2D eigenvalue weighted by Crippen LogP contribution is -2.36. The lowest BCUT2D eigenvalue weighted by atomic mass is 9.60. The molecule has 0 heterocycles. The van der Waals surface area contributed by atoms with Crippen LogP contribution >= 0.6 is 0 Å². The largest absolute Gasteiger partial charge is 0.0651 e. The van der Waals surface area contributed by atoms with Crippen LogP contribution in [0.15, 0.2) is 0 Å². The number of hydrogen-bond donors (Lipinski definition) is 0. The summed E-state index contributed by atoms with van der Waals surface area (Å²) in [7, 11) is 0. The summed E-state index contributed by atoms with van der Waals surface area (Å²) in [5.74, 6) is 3.10. The SMILES string of the molecule is CCC1CCC(C(C)(C)C2CCCCC2)CC1. The summed E-state index contributed by atoms with van der Waals surface area (Å²) in [5, 5.41) is 0. The van der Waals surface area contributed by atoms with E-state index in [0.717, 1.165) is 17.8 Å². The summed E-state index contributed by atoms with van der Waals surface area (Å²) in [4.78, 5) is 0. The molecule has 17 heavy (non-hydrogen) atoms. The van der Waals surface area contributed by atoms with Gasteiger partial charge in [-0.25, -0.2) is 0 Å². The zero-order chi connectivity index (χ0) is 12.3. The fourth-order valence-electron chi connectivity index (χ4n) is 4.49. The normalized spacial score (nSPS) is 32.6. The van der Waals surface area contributed by atoms with Gasteiger partial charge < -0.3 is 0 Å². The van der Waals surface area contributed by atoms with Gasteiger partial charge in [0.1, 0.15) is 0 Å². The highest BCUT2D eigenvalue weighted by Crippen LogP contribution is 2.49. The third-order valence-corrected chi connectivity index (χ3v) is 6.13. The zero-order valence-electron chi connectivity index (χ0n) is 12.3. The molecule has 0 aromatic heterocycles. The summed E-state index contributed by atoms with van der Waals surface area (Å²) in [6, 6.07) is 0. The first-order chi connectivity index (χ1) is 8.14. The molecule has 2 saturated carbocycles. The minimum Gasteiger partial charge on any atom is -0.0651 e. The van der Waals surface area contributed by atoms with Crippen molar-refractivity contribution >= 4 is 0 Å². The van der Waals surface area contributed by atoms with E-state index in [1.165, 1.54) is 64.2 Å². The highest BCUT2D eigenvalue weighted by Gasteiger charge is 2.38. The van der Waals surface area contributed by atoms with Gasteiger partial charge in [-0.1, -0.05) is 59.3 Å². The molecule has 0 saturated heterocycles. The maximum Gasteiger partial charge on any atom is -0.0298 e. The van der Waals surface area contributed by atoms with Crippen molar-refractivity contribution in [2.75, 3.05) is 0 Å². The van der Waals surface area contributed by atoms with Gasteiger partial charge in [0, 0.05) is 0 Å². The lowest BCUT2D eigenvalue weighted by Gasteiger charge is -2.45. The van der Waals surface area contributed by atoms with E-state index < -0.39 is 0 Å². The van der Waals surface area contributed by atoms with Gasteiger partial charge >= 0.3 is 0 Å². The average Bonchev–Trinajstić information content (AvgIpc) is 2.40. The predicted octanol–water partition coefficient (Wildman–Crippen LogP) is 5.81. The molecule has 0 aliphatic heterocycles. The topological polar surface area (TPSA) is 0 Å². The monoisotopic (exact) mass is 236 g/mol. The lowest BCUT2D eigenvalue weighted by molar-refractivity contribution is 0.0476. The molecule has 0 nitrogen and oxygen atoms in total. The van der Waals surface area contributed by atoms with Crippen LogP contribution in [-0.2, 0) is 0 Å². The number of hydrogen-bond acceptors (Lipinski definition) is 0. The van der Waals surface area contributed by atoms with Gasteiger partial charge in [-0.2, -0.15) is 0 Å². The second-order valence-corrected chi connectivity index (χ2v) is 7.28. The molecule has 0 heteroatoms. The Morgan fingerprint density at radius 2 is 1.29 bits per heavy atom. The first-order valence-corrected chi connectivity index (χ1v) is 8.14. The number of rotatable bonds is 3. The van der Waals surface area contributed by atoms with Gasteiger partial charge in [0.05, 0.1) is 0 Å². The molecule has 2 fully saturated rings. The van der Waals surface area contributed by atoms with Crippen LogP contribution in [-0.4, -0.2) is 0 Å². The van der Waals surface area contributed by atoms with E-state index in [1.54, 1.807) is 0 Å². The van der Waals surface area contributed by atoms with Crippen molar-refractivity contribution in [2.24, 2.45) is 23.2 Å². The minimum absolute atomic E-state index is 0.624. The molecule has 0 aromatic carbocycles. The molecular formula is C17H32.